The molecule has 0 saturated heterocycles. The minimum absolute atomic E-state index is 0.0105. The van der Waals surface area contributed by atoms with E-state index in [-0.39, 0.29) is 33.0 Å². The van der Waals surface area contributed by atoms with E-state index in [1.165, 1.54) is 17.0 Å². The number of nitrogens with two attached hydrogens (primary N) is 1. The number of hydrogen-bond acceptors (Lipinski definition) is 6. The van der Waals surface area contributed by atoms with Crippen LogP contribution in [-0.4, -0.2) is 29.7 Å². The minimum atomic E-state index is -0.343. The van der Waals surface area contributed by atoms with Gasteiger partial charge in [0, 0.05) is 11.1 Å². The molecule has 7 nitrogen and oxygen atoms in total. The van der Waals surface area contributed by atoms with Crippen LogP contribution in [0.15, 0.2) is 18.5 Å². The first-order valence-electron chi connectivity index (χ1n) is 7.60. The fourth-order valence-corrected chi connectivity index (χ4v) is 3.43. The maximum atomic E-state index is 10.5. The van der Waals surface area contributed by atoms with Gasteiger partial charge in [-0.2, -0.15) is 0 Å². The predicted molar refractivity (Wildman–Crippen MR) is 101 cm³/mol. The molecule has 0 fully saturated rings. The van der Waals surface area contributed by atoms with Gasteiger partial charge in [-0.05, 0) is 31.5 Å². The van der Waals surface area contributed by atoms with Gasteiger partial charge in [0.25, 0.3) is 0 Å². The molecule has 0 unspecified atom stereocenters. The Labute approximate surface area is 157 Å². The van der Waals surface area contributed by atoms with Crippen LogP contribution in [0.25, 0.3) is 27.8 Å². The highest BCUT2D eigenvalue weighted by atomic mass is 35.5. The first kappa shape index (κ1) is 16.7. The summed E-state index contributed by atoms with van der Waals surface area (Å²) in [4.78, 5) is 12.9. The standard InChI is InChI=1S/C17H13Cl2N5O2/c1-6-3-8-11-15(20)21-5-22-17(11)24(16(8)23-7(6)2)12-13(25)9(18)4-10(19)14(12)26/h3-5,25-26H,1-2H3,(H2,20,21,22). The zero-order chi connectivity index (χ0) is 18.7. The summed E-state index contributed by atoms with van der Waals surface area (Å²) in [6.45, 7) is 3.78. The molecule has 0 saturated carbocycles. The van der Waals surface area contributed by atoms with Crippen molar-refractivity contribution in [3.05, 3.63) is 39.8 Å². The Morgan fingerprint density at radius 1 is 1.00 bits per heavy atom. The topological polar surface area (TPSA) is 110 Å². The summed E-state index contributed by atoms with van der Waals surface area (Å²) in [5.41, 5.74) is 8.60. The molecule has 3 heterocycles. The maximum Gasteiger partial charge on any atom is 0.162 e. The van der Waals surface area contributed by atoms with Crippen LogP contribution in [0.3, 0.4) is 0 Å². The van der Waals surface area contributed by atoms with Gasteiger partial charge in [-0.15, -0.1) is 0 Å². The van der Waals surface area contributed by atoms with Crippen LogP contribution in [0.2, 0.25) is 10.0 Å². The first-order valence-corrected chi connectivity index (χ1v) is 8.36. The van der Waals surface area contributed by atoms with Crippen LogP contribution in [0.4, 0.5) is 5.82 Å². The number of aromatic nitrogens is 4. The van der Waals surface area contributed by atoms with E-state index in [0.29, 0.717) is 22.1 Å². The molecule has 4 N–H and O–H groups in total. The van der Waals surface area contributed by atoms with Gasteiger partial charge in [-0.1, -0.05) is 23.2 Å². The molecular formula is C17H13Cl2N5O2. The highest BCUT2D eigenvalue weighted by Crippen LogP contribution is 2.45. The third-order valence-electron chi connectivity index (χ3n) is 4.37. The third-order valence-corrected chi connectivity index (χ3v) is 4.95. The fraction of sp³-hybridized carbons (Fsp3) is 0.118. The lowest BCUT2D eigenvalue weighted by molar-refractivity contribution is 0.447. The van der Waals surface area contributed by atoms with E-state index in [1.807, 2.05) is 19.9 Å². The lowest BCUT2D eigenvalue weighted by Crippen LogP contribution is -2.01. The van der Waals surface area contributed by atoms with E-state index in [9.17, 15) is 10.2 Å². The number of nitrogens with zero attached hydrogens (tertiary/aromatic N) is 4. The molecule has 1 aromatic carbocycles. The zero-order valence-electron chi connectivity index (χ0n) is 13.7. The molecule has 132 valence electrons. The summed E-state index contributed by atoms with van der Waals surface area (Å²) in [5.74, 6) is -0.426. The Balaban J connectivity index is 2.31. The van der Waals surface area contributed by atoms with E-state index in [1.54, 1.807) is 0 Å². The molecule has 0 radical (unpaired) electrons. The van der Waals surface area contributed by atoms with Crippen molar-refractivity contribution < 1.29 is 10.2 Å². The Morgan fingerprint density at radius 3 is 2.31 bits per heavy atom. The van der Waals surface area contributed by atoms with Crippen LogP contribution >= 0.6 is 23.2 Å². The molecule has 0 atom stereocenters. The van der Waals surface area contributed by atoms with Gasteiger partial charge in [-0.25, -0.2) is 15.0 Å². The number of fused-ring (bicyclic) bond motifs is 3. The van der Waals surface area contributed by atoms with Gasteiger partial charge in [0.1, 0.15) is 23.5 Å². The fourth-order valence-electron chi connectivity index (χ4n) is 2.97. The van der Waals surface area contributed by atoms with E-state index < -0.39 is 0 Å². The molecule has 0 aliphatic heterocycles. The van der Waals surface area contributed by atoms with Gasteiger partial charge in [0.2, 0.25) is 0 Å². The molecule has 9 heteroatoms. The van der Waals surface area contributed by atoms with E-state index in [4.69, 9.17) is 28.9 Å². The van der Waals surface area contributed by atoms with Crippen LogP contribution in [0.5, 0.6) is 11.5 Å². The smallest absolute Gasteiger partial charge is 0.162 e. The molecular weight excluding hydrogens is 377 g/mol. The molecule has 4 rings (SSSR count). The van der Waals surface area contributed by atoms with Crippen LogP contribution < -0.4 is 5.73 Å². The third kappa shape index (κ3) is 2.17. The van der Waals surface area contributed by atoms with Crippen LogP contribution in [0.1, 0.15) is 11.3 Å². The number of phenolic OH excluding ortho intramolecular Hbond substituents is 2. The quantitative estimate of drug-likeness (QED) is 0.455. The van der Waals surface area contributed by atoms with Crippen molar-refractivity contribution in [1.82, 2.24) is 19.5 Å². The second kappa shape index (κ2) is 5.62. The van der Waals surface area contributed by atoms with Crippen molar-refractivity contribution in [2.45, 2.75) is 13.8 Å². The number of hydrogen-bond donors (Lipinski definition) is 3. The summed E-state index contributed by atoms with van der Waals surface area (Å²) in [6, 6.07) is 3.17. The number of aryl methyl sites for hydroxylation is 2. The minimum Gasteiger partial charge on any atom is -0.504 e. The summed E-state index contributed by atoms with van der Waals surface area (Å²) < 4.78 is 1.48. The van der Waals surface area contributed by atoms with Crippen molar-refractivity contribution in [3.63, 3.8) is 0 Å². The average molecular weight is 390 g/mol. The number of pyridine rings is 1. The molecule has 26 heavy (non-hydrogen) atoms. The first-order chi connectivity index (χ1) is 12.3. The molecule has 3 aromatic heterocycles. The average Bonchev–Trinajstić information content (AvgIpc) is 2.89. The summed E-state index contributed by atoms with van der Waals surface area (Å²) in [7, 11) is 0. The lowest BCUT2D eigenvalue weighted by atomic mass is 10.1. The number of anilines is 1. The number of benzene rings is 1. The van der Waals surface area contributed by atoms with Crippen molar-refractivity contribution in [2.24, 2.45) is 0 Å². The number of rotatable bonds is 1. The maximum absolute atomic E-state index is 10.5. The van der Waals surface area contributed by atoms with Crippen molar-refractivity contribution in [1.29, 1.82) is 0 Å². The lowest BCUT2D eigenvalue weighted by Gasteiger charge is -2.13. The van der Waals surface area contributed by atoms with Gasteiger partial charge >= 0.3 is 0 Å². The Hall–Kier alpha value is -2.77. The SMILES string of the molecule is Cc1cc2c3c(N)ncnc3n(-c3c(O)c(Cl)cc(Cl)c3O)c2nc1C. The second-order valence-corrected chi connectivity index (χ2v) is 6.76. The van der Waals surface area contributed by atoms with E-state index >= 15 is 0 Å². The van der Waals surface area contributed by atoms with Crippen molar-refractivity contribution >= 4 is 51.1 Å². The molecule has 0 bridgehead atoms. The monoisotopic (exact) mass is 389 g/mol. The molecule has 4 aromatic rings. The number of nitrogen functional groups attached to an aromatic ring is 1. The predicted octanol–water partition coefficient (Wildman–Crippen LogP) is 3.89. The second-order valence-electron chi connectivity index (χ2n) is 5.94. The highest BCUT2D eigenvalue weighted by Gasteiger charge is 2.25. The van der Waals surface area contributed by atoms with Crippen LogP contribution in [-0.2, 0) is 0 Å². The summed E-state index contributed by atoms with van der Waals surface area (Å²) in [6.07, 6.45) is 1.30. The molecule has 0 aliphatic rings. The highest BCUT2D eigenvalue weighted by molar-refractivity contribution is 6.37. The Morgan fingerprint density at radius 2 is 1.65 bits per heavy atom. The molecule has 0 spiro atoms. The van der Waals surface area contributed by atoms with E-state index in [2.05, 4.69) is 15.0 Å². The summed E-state index contributed by atoms with van der Waals surface area (Å²) in [5, 5.41) is 22.3. The van der Waals surface area contributed by atoms with Crippen LogP contribution in [0, 0.1) is 13.8 Å². The molecule has 0 aliphatic carbocycles. The molecule has 0 amide bonds. The van der Waals surface area contributed by atoms with Gasteiger partial charge in [0.15, 0.2) is 17.1 Å². The largest absolute Gasteiger partial charge is 0.504 e. The summed E-state index contributed by atoms with van der Waals surface area (Å²) >= 11 is 12.1. The number of phenols is 2. The Bertz CT molecular complexity index is 1190. The van der Waals surface area contributed by atoms with Gasteiger partial charge in [-0.3, -0.25) is 4.57 Å². The van der Waals surface area contributed by atoms with Gasteiger partial charge in [0.05, 0.1) is 15.4 Å². The van der Waals surface area contributed by atoms with Crippen molar-refractivity contribution in [3.8, 4) is 17.2 Å². The number of halogens is 2. The van der Waals surface area contributed by atoms with Gasteiger partial charge < -0.3 is 15.9 Å². The Kier molecular flexibility index (Phi) is 3.61. The van der Waals surface area contributed by atoms with Crippen molar-refractivity contribution in [2.75, 3.05) is 5.73 Å². The normalized spacial score (nSPS) is 11.5. The zero-order valence-corrected chi connectivity index (χ0v) is 15.3. The van der Waals surface area contributed by atoms with E-state index in [0.717, 1.165) is 11.3 Å². The number of aromatic hydroxyl groups is 2.